The van der Waals surface area contributed by atoms with Crippen LogP contribution in [0.5, 0.6) is 0 Å². The molecule has 1 aromatic rings. The highest BCUT2D eigenvalue weighted by Crippen LogP contribution is 2.17. The summed E-state index contributed by atoms with van der Waals surface area (Å²) in [4.78, 5) is 10.9. The normalized spacial score (nSPS) is 12.8. The van der Waals surface area contributed by atoms with Crippen molar-refractivity contribution in [2.75, 3.05) is 0 Å². The minimum absolute atomic E-state index is 0.374. The van der Waals surface area contributed by atoms with E-state index in [4.69, 9.17) is 5.73 Å². The summed E-state index contributed by atoms with van der Waals surface area (Å²) in [5.74, 6) is -0.0520. The first-order valence-electron chi connectivity index (χ1n) is 4.40. The fourth-order valence-electron chi connectivity index (χ4n) is 1.17. The van der Waals surface area contributed by atoms with Crippen molar-refractivity contribution in [3.05, 3.63) is 17.5 Å². The van der Waals surface area contributed by atoms with Gasteiger partial charge in [0.25, 0.3) is 5.91 Å². The largest absolute Gasteiger partial charge is 0.364 e. The van der Waals surface area contributed by atoms with Crippen molar-refractivity contribution in [1.29, 1.82) is 0 Å². The molecule has 13 heavy (non-hydrogen) atoms. The Morgan fingerprint density at radius 1 is 1.77 bits per heavy atom. The first-order valence-corrected chi connectivity index (χ1v) is 4.40. The molecule has 0 aliphatic carbocycles. The Kier molecular flexibility index (Phi) is 2.70. The highest BCUT2D eigenvalue weighted by molar-refractivity contribution is 5.91. The van der Waals surface area contributed by atoms with E-state index in [1.165, 1.54) is 4.68 Å². The van der Waals surface area contributed by atoms with Gasteiger partial charge in [-0.25, -0.2) is 0 Å². The van der Waals surface area contributed by atoms with Gasteiger partial charge in [-0.05, 0) is 18.4 Å². The Morgan fingerprint density at radius 3 is 2.77 bits per heavy atom. The number of hydrogen-bond donors (Lipinski definition) is 1. The lowest BCUT2D eigenvalue weighted by Crippen LogP contribution is -2.15. The number of nitrogens with two attached hydrogens (primary N) is 1. The number of carbonyl (C=O) groups excluding carboxylic acids is 1. The molecule has 1 unspecified atom stereocenters. The van der Waals surface area contributed by atoms with Gasteiger partial charge in [-0.3, -0.25) is 9.48 Å². The Morgan fingerprint density at radius 2 is 2.38 bits per heavy atom. The maximum atomic E-state index is 10.9. The summed E-state index contributed by atoms with van der Waals surface area (Å²) in [6.45, 7) is 4.16. The second-order valence-electron chi connectivity index (χ2n) is 3.25. The molecule has 0 aromatic carbocycles. The Bertz CT molecular complexity index is 317. The van der Waals surface area contributed by atoms with Gasteiger partial charge in [0, 0.05) is 7.05 Å². The van der Waals surface area contributed by atoms with E-state index >= 15 is 0 Å². The second kappa shape index (κ2) is 3.60. The summed E-state index contributed by atoms with van der Waals surface area (Å²) in [6.07, 6.45) is 1.01. The maximum absolute atomic E-state index is 10.9. The number of carbonyl (C=O) groups is 1. The summed E-state index contributed by atoms with van der Waals surface area (Å²) in [7, 11) is 1.73. The smallest absolute Gasteiger partial charge is 0.266 e. The third kappa shape index (κ3) is 1.88. The van der Waals surface area contributed by atoms with Gasteiger partial charge in [0.2, 0.25) is 0 Å². The van der Waals surface area contributed by atoms with Crippen LogP contribution in [0.1, 0.15) is 42.4 Å². The van der Waals surface area contributed by atoms with Crippen LogP contribution in [0.4, 0.5) is 0 Å². The highest BCUT2D eigenvalue weighted by Gasteiger charge is 2.13. The highest BCUT2D eigenvalue weighted by atomic mass is 16.1. The molecule has 1 amide bonds. The van der Waals surface area contributed by atoms with E-state index in [9.17, 15) is 4.79 Å². The molecule has 1 heterocycles. The molecule has 4 heteroatoms. The lowest BCUT2D eigenvalue weighted by atomic mass is 10.1. The van der Waals surface area contributed by atoms with Gasteiger partial charge >= 0.3 is 0 Å². The monoisotopic (exact) mass is 181 g/mol. The molecule has 1 aromatic heterocycles. The third-order valence-corrected chi connectivity index (χ3v) is 2.27. The summed E-state index contributed by atoms with van der Waals surface area (Å²) in [5.41, 5.74) is 6.57. The van der Waals surface area contributed by atoms with E-state index < -0.39 is 5.91 Å². The number of aromatic nitrogens is 2. The predicted molar refractivity (Wildman–Crippen MR) is 50.4 cm³/mol. The third-order valence-electron chi connectivity index (χ3n) is 2.27. The Balaban J connectivity index is 3.01. The van der Waals surface area contributed by atoms with E-state index in [2.05, 4.69) is 18.9 Å². The van der Waals surface area contributed by atoms with Crippen LogP contribution in [0.15, 0.2) is 6.07 Å². The number of nitrogens with zero attached hydrogens (tertiary/aromatic N) is 2. The van der Waals surface area contributed by atoms with Crippen LogP contribution in [0.2, 0.25) is 0 Å². The maximum Gasteiger partial charge on any atom is 0.266 e. The van der Waals surface area contributed by atoms with Crippen molar-refractivity contribution in [2.45, 2.75) is 26.2 Å². The van der Waals surface area contributed by atoms with E-state index in [0.29, 0.717) is 11.6 Å². The van der Waals surface area contributed by atoms with Gasteiger partial charge in [-0.15, -0.1) is 0 Å². The van der Waals surface area contributed by atoms with E-state index in [1.54, 1.807) is 13.1 Å². The van der Waals surface area contributed by atoms with Gasteiger partial charge in [0.1, 0.15) is 5.69 Å². The number of rotatable bonds is 3. The molecule has 0 aliphatic rings. The fourth-order valence-corrected chi connectivity index (χ4v) is 1.17. The molecular formula is C9H15N3O. The summed E-state index contributed by atoms with van der Waals surface area (Å²) in [6, 6.07) is 1.76. The van der Waals surface area contributed by atoms with Crippen LogP contribution in [-0.2, 0) is 7.05 Å². The molecule has 0 saturated carbocycles. The summed E-state index contributed by atoms with van der Waals surface area (Å²) < 4.78 is 1.53. The lowest BCUT2D eigenvalue weighted by Gasteiger charge is -2.01. The minimum Gasteiger partial charge on any atom is -0.364 e. The topological polar surface area (TPSA) is 60.9 Å². The van der Waals surface area contributed by atoms with E-state index in [-0.39, 0.29) is 0 Å². The number of primary amides is 1. The molecule has 1 atom stereocenters. The second-order valence-corrected chi connectivity index (χ2v) is 3.25. The summed E-state index contributed by atoms with van der Waals surface area (Å²) >= 11 is 0. The molecule has 4 nitrogen and oxygen atoms in total. The lowest BCUT2D eigenvalue weighted by molar-refractivity contribution is 0.0991. The van der Waals surface area contributed by atoms with Crippen LogP contribution < -0.4 is 5.73 Å². The molecule has 2 N–H and O–H groups in total. The Hall–Kier alpha value is -1.32. The summed E-state index contributed by atoms with van der Waals surface area (Å²) in [5, 5.41) is 4.22. The van der Waals surface area contributed by atoms with Crippen LogP contribution in [0, 0.1) is 0 Å². The molecular weight excluding hydrogens is 166 g/mol. The van der Waals surface area contributed by atoms with Gasteiger partial charge in [0.05, 0.1) is 5.69 Å². The van der Waals surface area contributed by atoms with Crippen molar-refractivity contribution >= 4 is 5.91 Å². The SMILES string of the molecule is CCC(C)c1cc(C(N)=O)n(C)n1. The van der Waals surface area contributed by atoms with Crippen LogP contribution >= 0.6 is 0 Å². The van der Waals surface area contributed by atoms with Crippen molar-refractivity contribution < 1.29 is 4.79 Å². The van der Waals surface area contributed by atoms with Gasteiger partial charge < -0.3 is 5.73 Å². The molecule has 0 aliphatic heterocycles. The van der Waals surface area contributed by atoms with Crippen molar-refractivity contribution in [2.24, 2.45) is 12.8 Å². The van der Waals surface area contributed by atoms with Gasteiger partial charge in [0.15, 0.2) is 0 Å². The van der Waals surface area contributed by atoms with E-state index in [1.807, 2.05) is 0 Å². The average molecular weight is 181 g/mol. The zero-order valence-corrected chi connectivity index (χ0v) is 8.24. The van der Waals surface area contributed by atoms with Crippen LogP contribution in [0.3, 0.4) is 0 Å². The first-order chi connectivity index (χ1) is 6.06. The van der Waals surface area contributed by atoms with Gasteiger partial charge in [-0.1, -0.05) is 13.8 Å². The van der Waals surface area contributed by atoms with Crippen molar-refractivity contribution in [3.63, 3.8) is 0 Å². The predicted octanol–water partition coefficient (Wildman–Crippen LogP) is 1.03. The van der Waals surface area contributed by atoms with E-state index in [0.717, 1.165) is 12.1 Å². The Labute approximate surface area is 77.7 Å². The van der Waals surface area contributed by atoms with Crippen molar-refractivity contribution in [1.82, 2.24) is 9.78 Å². The molecule has 0 radical (unpaired) electrons. The zero-order chi connectivity index (χ0) is 10.0. The molecule has 0 spiro atoms. The number of hydrogen-bond acceptors (Lipinski definition) is 2. The molecule has 0 bridgehead atoms. The number of amides is 1. The van der Waals surface area contributed by atoms with Gasteiger partial charge in [-0.2, -0.15) is 5.10 Å². The molecule has 0 fully saturated rings. The fraction of sp³-hybridized carbons (Fsp3) is 0.556. The van der Waals surface area contributed by atoms with Crippen molar-refractivity contribution in [3.8, 4) is 0 Å². The standard InChI is InChI=1S/C9H15N3O/c1-4-6(2)7-5-8(9(10)13)12(3)11-7/h5-6H,4H2,1-3H3,(H2,10,13). The van der Waals surface area contributed by atoms with Crippen LogP contribution in [-0.4, -0.2) is 15.7 Å². The zero-order valence-electron chi connectivity index (χ0n) is 8.24. The molecule has 1 rings (SSSR count). The molecule has 0 saturated heterocycles. The first kappa shape index (κ1) is 9.77. The molecule has 72 valence electrons. The quantitative estimate of drug-likeness (QED) is 0.757. The van der Waals surface area contributed by atoms with Crippen LogP contribution in [0.25, 0.3) is 0 Å². The average Bonchev–Trinajstić information content (AvgIpc) is 2.46. The minimum atomic E-state index is -0.426. The number of aryl methyl sites for hydroxylation is 1.